The van der Waals surface area contributed by atoms with E-state index in [4.69, 9.17) is 14.7 Å². The lowest BCUT2D eigenvalue weighted by molar-refractivity contribution is -0.274. The minimum absolute atomic E-state index is 0.0479. The van der Waals surface area contributed by atoms with E-state index >= 15 is 0 Å². The second kappa shape index (κ2) is 9.86. The number of nitrogens with zero attached hydrogens (tertiary/aromatic N) is 2. The third-order valence-corrected chi connectivity index (χ3v) is 5.60. The maximum absolute atomic E-state index is 13.5. The first-order valence-corrected chi connectivity index (χ1v) is 11.5. The summed E-state index contributed by atoms with van der Waals surface area (Å²) in [5.41, 5.74) is -2.09. The largest absolute Gasteiger partial charge is 0.573 e. The van der Waals surface area contributed by atoms with Crippen molar-refractivity contribution in [1.82, 2.24) is 9.88 Å². The summed E-state index contributed by atoms with van der Waals surface area (Å²) in [4.78, 5) is 38.5. The first-order chi connectivity index (χ1) is 18.2. The molecule has 1 aliphatic rings. The van der Waals surface area contributed by atoms with Crippen molar-refractivity contribution in [3.05, 3.63) is 63.4 Å². The lowest BCUT2D eigenvalue weighted by Crippen LogP contribution is -2.39. The van der Waals surface area contributed by atoms with Gasteiger partial charge in [-0.15, -0.1) is 13.2 Å². The van der Waals surface area contributed by atoms with E-state index in [9.17, 15) is 32.7 Å². The Hall–Kier alpha value is -4.73. The van der Waals surface area contributed by atoms with Crippen LogP contribution < -0.4 is 20.3 Å². The molecule has 1 atom stereocenters. The van der Waals surface area contributed by atoms with Gasteiger partial charge in [0, 0.05) is 0 Å². The van der Waals surface area contributed by atoms with Crippen LogP contribution in [0.25, 0.3) is 10.9 Å². The molecule has 1 aromatic heterocycles. The molecule has 0 saturated heterocycles. The summed E-state index contributed by atoms with van der Waals surface area (Å²) >= 11 is 0. The Morgan fingerprint density at radius 2 is 1.85 bits per heavy atom. The van der Waals surface area contributed by atoms with E-state index < -0.39 is 64.5 Å². The number of aromatic hydroxyl groups is 1. The molecule has 10 nitrogen and oxygen atoms in total. The molecule has 0 fully saturated rings. The first-order valence-electron chi connectivity index (χ1n) is 11.5. The molecule has 3 aromatic rings. The van der Waals surface area contributed by atoms with Crippen LogP contribution in [0.3, 0.4) is 0 Å². The zero-order chi connectivity index (χ0) is 28.7. The summed E-state index contributed by atoms with van der Waals surface area (Å²) in [5.74, 6) is -4.04. The molecule has 0 radical (unpaired) electrons. The van der Waals surface area contributed by atoms with Gasteiger partial charge in [-0.2, -0.15) is 5.26 Å². The van der Waals surface area contributed by atoms with E-state index in [2.05, 4.69) is 10.1 Å². The normalized spacial score (nSPS) is 14.7. The Balaban J connectivity index is 1.83. The molecule has 2 aromatic carbocycles. The number of ether oxygens (including phenoxy) is 3. The van der Waals surface area contributed by atoms with Gasteiger partial charge < -0.3 is 24.6 Å². The summed E-state index contributed by atoms with van der Waals surface area (Å²) in [7, 11) is 0. The number of rotatable bonds is 5. The average molecular weight is 545 g/mol. The summed E-state index contributed by atoms with van der Waals surface area (Å²) in [6.45, 7) is 3.88. The molecule has 2 heterocycles. The number of nitrogens with one attached hydrogen (secondary N) is 1. The van der Waals surface area contributed by atoms with Crippen LogP contribution in [0.4, 0.5) is 13.2 Å². The van der Waals surface area contributed by atoms with Gasteiger partial charge >= 0.3 is 12.3 Å². The van der Waals surface area contributed by atoms with Crippen LogP contribution in [0.5, 0.6) is 17.2 Å². The van der Waals surface area contributed by atoms with Crippen molar-refractivity contribution < 1.29 is 42.1 Å². The van der Waals surface area contributed by atoms with E-state index in [1.54, 1.807) is 32.9 Å². The Bertz CT molecular complexity index is 1570. The minimum atomic E-state index is -5.16. The summed E-state index contributed by atoms with van der Waals surface area (Å²) in [6.07, 6.45) is -5.99. The van der Waals surface area contributed by atoms with E-state index in [1.165, 1.54) is 12.1 Å². The van der Waals surface area contributed by atoms with Gasteiger partial charge in [0.25, 0.3) is 11.5 Å². The number of aromatic nitrogens is 1. The number of nitriles is 1. The molecule has 4 rings (SSSR count). The van der Waals surface area contributed by atoms with Crippen LogP contribution in [-0.2, 0) is 16.1 Å². The molecule has 1 aliphatic heterocycles. The highest BCUT2D eigenvalue weighted by atomic mass is 19.4. The van der Waals surface area contributed by atoms with Crippen LogP contribution in [0.15, 0.2) is 41.2 Å². The molecule has 13 heteroatoms. The average Bonchev–Trinajstić information content (AvgIpc) is 2.84. The van der Waals surface area contributed by atoms with Crippen molar-refractivity contribution in [3.8, 4) is 23.3 Å². The molecule has 0 saturated carbocycles. The number of halogens is 3. The van der Waals surface area contributed by atoms with Crippen molar-refractivity contribution in [2.45, 2.75) is 45.4 Å². The van der Waals surface area contributed by atoms with Crippen molar-refractivity contribution in [2.24, 2.45) is 0 Å². The van der Waals surface area contributed by atoms with Gasteiger partial charge in [-0.3, -0.25) is 19.0 Å². The van der Waals surface area contributed by atoms with Crippen molar-refractivity contribution in [3.63, 3.8) is 0 Å². The Kier molecular flexibility index (Phi) is 6.91. The number of carbonyl (C=O) groups excluding carboxylic acids is 2. The number of benzene rings is 2. The maximum Gasteiger partial charge on any atom is 0.573 e. The predicted molar refractivity (Wildman–Crippen MR) is 129 cm³/mol. The highest BCUT2D eigenvalue weighted by molar-refractivity contribution is 6.06. The topological polar surface area (TPSA) is 140 Å². The fraction of sp³-hybridized carbons (Fsp3) is 0.308. The third kappa shape index (κ3) is 5.74. The Labute approximate surface area is 219 Å². The Morgan fingerprint density at radius 1 is 1.18 bits per heavy atom. The number of alkyl halides is 3. The van der Waals surface area contributed by atoms with Crippen LogP contribution in [0, 0.1) is 11.3 Å². The molecular weight excluding hydrogens is 523 g/mol. The second-order valence-corrected chi connectivity index (χ2v) is 9.58. The molecule has 0 bridgehead atoms. The zero-order valence-electron chi connectivity index (χ0n) is 20.9. The number of carbonyl (C=O) groups is 2. The predicted octanol–water partition coefficient (Wildman–Crippen LogP) is 3.68. The number of hydrogen-bond acceptors (Lipinski definition) is 8. The van der Waals surface area contributed by atoms with E-state index in [0.717, 1.165) is 16.7 Å². The monoisotopic (exact) mass is 545 g/mol. The lowest BCUT2D eigenvalue weighted by Gasteiger charge is -2.29. The van der Waals surface area contributed by atoms with Gasteiger partial charge in [0.2, 0.25) is 0 Å². The highest BCUT2D eigenvalue weighted by Gasteiger charge is 2.36. The molecule has 0 aliphatic carbocycles. The smallest absolute Gasteiger partial charge is 0.506 e. The van der Waals surface area contributed by atoms with E-state index in [-0.39, 0.29) is 17.8 Å². The fourth-order valence-corrected chi connectivity index (χ4v) is 4.12. The van der Waals surface area contributed by atoms with Crippen LogP contribution in [0.1, 0.15) is 48.4 Å². The van der Waals surface area contributed by atoms with Gasteiger partial charge in [0.1, 0.15) is 46.6 Å². The van der Waals surface area contributed by atoms with E-state index in [1.807, 2.05) is 6.07 Å². The van der Waals surface area contributed by atoms with Crippen molar-refractivity contribution >= 4 is 22.8 Å². The van der Waals surface area contributed by atoms with Crippen LogP contribution in [0.2, 0.25) is 0 Å². The van der Waals surface area contributed by atoms with Gasteiger partial charge in [-0.1, -0.05) is 12.1 Å². The lowest BCUT2D eigenvalue weighted by atomic mass is 10.0. The molecule has 39 heavy (non-hydrogen) atoms. The van der Waals surface area contributed by atoms with Crippen LogP contribution in [-0.4, -0.2) is 40.1 Å². The number of esters is 1. The van der Waals surface area contributed by atoms with Crippen LogP contribution >= 0.6 is 0 Å². The first kappa shape index (κ1) is 27.3. The molecule has 1 amide bonds. The van der Waals surface area contributed by atoms with Crippen molar-refractivity contribution in [1.29, 1.82) is 5.26 Å². The maximum atomic E-state index is 13.5. The van der Waals surface area contributed by atoms with Gasteiger partial charge in [0.05, 0.1) is 23.6 Å². The summed E-state index contributed by atoms with van der Waals surface area (Å²) in [5, 5.41) is 21.5. The van der Waals surface area contributed by atoms with E-state index in [0.29, 0.717) is 11.1 Å². The van der Waals surface area contributed by atoms with Gasteiger partial charge in [-0.25, -0.2) is 0 Å². The van der Waals surface area contributed by atoms with Gasteiger partial charge in [0.15, 0.2) is 0 Å². The van der Waals surface area contributed by atoms with Crippen molar-refractivity contribution in [2.75, 3.05) is 6.54 Å². The second-order valence-electron chi connectivity index (χ2n) is 9.58. The van der Waals surface area contributed by atoms with Gasteiger partial charge in [-0.05, 0) is 50.6 Å². The standard InChI is InChI=1S/C26H22F3N3O7/c1-25(2,3)39-18(33)11-31-23(35)20-22(34)19-15(38-26(27,28)29)8-9-16-21(19)32(24(20)36)12-17(37-16)14-6-4-13(10-30)5-7-14/h4-9,17,34H,11-12H2,1-3H3,(H,31,35). The summed E-state index contributed by atoms with van der Waals surface area (Å²) in [6, 6.07) is 10.2. The molecule has 2 N–H and O–H groups in total. The summed E-state index contributed by atoms with van der Waals surface area (Å²) < 4.78 is 55.6. The minimum Gasteiger partial charge on any atom is -0.506 e. The Morgan fingerprint density at radius 3 is 2.44 bits per heavy atom. The SMILES string of the molecule is CC(C)(C)OC(=O)CNC(=O)c1c(O)c2c(OC(F)(F)F)ccc3c2n(c1=O)CC(c1ccc(C#N)cc1)O3. The molecule has 1 unspecified atom stereocenters. The molecule has 204 valence electrons. The fourth-order valence-electron chi connectivity index (χ4n) is 4.12. The number of amides is 1. The zero-order valence-corrected chi connectivity index (χ0v) is 20.9. The quantitative estimate of drug-likeness (QED) is 0.463. The molecule has 0 spiro atoms. The molecular formula is C26H22F3N3O7. The number of hydrogen-bond donors (Lipinski definition) is 2. The highest BCUT2D eigenvalue weighted by Crippen LogP contribution is 2.44. The number of pyridine rings is 1. The third-order valence-electron chi connectivity index (χ3n) is 5.60.